The molecule has 2 aromatic heterocycles. The topological polar surface area (TPSA) is 84.7 Å². The van der Waals surface area contributed by atoms with Gasteiger partial charge in [-0.2, -0.15) is 0 Å². The first kappa shape index (κ1) is 15.6. The molecule has 0 aromatic carbocycles. The number of aromatic nitrogens is 4. The maximum absolute atomic E-state index is 11.9. The van der Waals surface area contributed by atoms with Crippen molar-refractivity contribution >= 4 is 27.7 Å². The summed E-state index contributed by atoms with van der Waals surface area (Å²) in [4.78, 5) is 16.0. The lowest BCUT2D eigenvalue weighted by molar-refractivity contribution is -0.116. The van der Waals surface area contributed by atoms with Crippen molar-refractivity contribution in [1.82, 2.24) is 25.3 Å². The van der Waals surface area contributed by atoms with E-state index in [-0.39, 0.29) is 12.5 Å². The van der Waals surface area contributed by atoms with Crippen LogP contribution in [0.2, 0.25) is 0 Å². The number of rotatable bonds is 7. The zero-order chi connectivity index (χ0) is 15.1. The first-order chi connectivity index (χ1) is 10.2. The maximum Gasteiger partial charge on any atom is 0.247 e. The number of carbonyl (C=O) groups excluding carboxylic acids is 1. The van der Waals surface area contributed by atoms with Crippen LogP contribution in [-0.2, 0) is 17.9 Å². The fourth-order valence-electron chi connectivity index (χ4n) is 1.67. The van der Waals surface area contributed by atoms with Crippen LogP contribution in [0.25, 0.3) is 0 Å². The maximum atomic E-state index is 11.9. The third kappa shape index (κ3) is 5.24. The van der Waals surface area contributed by atoms with Gasteiger partial charge in [-0.05, 0) is 41.0 Å². The molecule has 1 amide bonds. The van der Waals surface area contributed by atoms with Crippen LogP contribution in [0.5, 0.6) is 0 Å². The summed E-state index contributed by atoms with van der Waals surface area (Å²) in [6.07, 6.45) is 4.45. The summed E-state index contributed by atoms with van der Waals surface area (Å²) in [5.41, 5.74) is 0.818. The number of anilines is 1. The number of hydrogen-bond acceptors (Lipinski definition) is 5. The number of hydrogen-bond donors (Lipinski definition) is 2. The summed E-state index contributed by atoms with van der Waals surface area (Å²) in [7, 11) is 0. The normalized spacial score (nSPS) is 10.6. The summed E-state index contributed by atoms with van der Waals surface area (Å²) in [5, 5.41) is 13.9. The Bertz CT molecular complexity index is 583. The Morgan fingerprint density at radius 2 is 2.29 bits per heavy atom. The van der Waals surface area contributed by atoms with Gasteiger partial charge in [-0.25, -0.2) is 9.67 Å². The molecule has 0 aliphatic rings. The Morgan fingerprint density at radius 1 is 1.43 bits per heavy atom. The average Bonchev–Trinajstić information content (AvgIpc) is 2.89. The van der Waals surface area contributed by atoms with Crippen LogP contribution >= 0.6 is 15.9 Å². The summed E-state index contributed by atoms with van der Waals surface area (Å²) in [6, 6.07) is 3.54. The largest absolute Gasteiger partial charge is 0.311 e. The van der Waals surface area contributed by atoms with Crippen molar-refractivity contribution in [2.75, 3.05) is 11.9 Å². The highest BCUT2D eigenvalue weighted by atomic mass is 79.9. The number of carbonyl (C=O) groups is 1. The number of halogens is 1. The van der Waals surface area contributed by atoms with E-state index in [4.69, 9.17) is 0 Å². The molecule has 0 unspecified atom stereocenters. The summed E-state index contributed by atoms with van der Waals surface area (Å²) in [5.74, 6) is 0.316. The van der Waals surface area contributed by atoms with Gasteiger partial charge in [0.15, 0.2) is 0 Å². The van der Waals surface area contributed by atoms with Gasteiger partial charge in [-0.3, -0.25) is 4.79 Å². The SMILES string of the molecule is CCCNCc1cn(CC(=O)Nc2ccc(Br)cn2)nn1. The fraction of sp³-hybridized carbons (Fsp3) is 0.385. The third-order valence-corrected chi connectivity index (χ3v) is 3.09. The van der Waals surface area contributed by atoms with Gasteiger partial charge in [-0.1, -0.05) is 12.1 Å². The molecular formula is C13H17BrN6O. The third-order valence-electron chi connectivity index (χ3n) is 2.62. The number of amides is 1. The molecule has 0 saturated heterocycles. The molecule has 0 bridgehead atoms. The van der Waals surface area contributed by atoms with Crippen molar-refractivity contribution in [1.29, 1.82) is 0 Å². The van der Waals surface area contributed by atoms with E-state index in [1.807, 2.05) is 6.07 Å². The van der Waals surface area contributed by atoms with E-state index in [1.165, 1.54) is 4.68 Å². The lowest BCUT2D eigenvalue weighted by Crippen LogP contribution is -2.19. The molecule has 8 heteroatoms. The lowest BCUT2D eigenvalue weighted by atomic mass is 10.4. The van der Waals surface area contributed by atoms with Gasteiger partial charge in [0.05, 0.1) is 11.9 Å². The summed E-state index contributed by atoms with van der Waals surface area (Å²) < 4.78 is 2.37. The molecule has 0 aliphatic carbocycles. The van der Waals surface area contributed by atoms with Crippen molar-refractivity contribution in [3.05, 3.63) is 34.7 Å². The van der Waals surface area contributed by atoms with E-state index in [1.54, 1.807) is 18.5 Å². The smallest absolute Gasteiger partial charge is 0.247 e. The summed E-state index contributed by atoms with van der Waals surface area (Å²) >= 11 is 3.29. The monoisotopic (exact) mass is 352 g/mol. The Morgan fingerprint density at radius 3 is 3.00 bits per heavy atom. The molecule has 0 aliphatic heterocycles. The molecule has 0 fully saturated rings. The minimum Gasteiger partial charge on any atom is -0.311 e. The zero-order valence-electron chi connectivity index (χ0n) is 11.7. The molecular weight excluding hydrogens is 336 g/mol. The van der Waals surface area contributed by atoms with Crippen LogP contribution < -0.4 is 10.6 Å². The molecule has 0 saturated carbocycles. The highest BCUT2D eigenvalue weighted by molar-refractivity contribution is 9.10. The minimum atomic E-state index is -0.192. The molecule has 0 atom stereocenters. The van der Waals surface area contributed by atoms with Crippen molar-refractivity contribution in [3.8, 4) is 0 Å². The molecule has 112 valence electrons. The second kappa shape index (κ2) is 7.84. The molecule has 21 heavy (non-hydrogen) atoms. The number of nitrogens with zero attached hydrogens (tertiary/aromatic N) is 4. The summed E-state index contributed by atoms with van der Waals surface area (Å²) in [6.45, 7) is 3.80. The van der Waals surface area contributed by atoms with E-state index in [0.29, 0.717) is 12.4 Å². The second-order valence-electron chi connectivity index (χ2n) is 4.49. The molecule has 2 heterocycles. The Balaban J connectivity index is 1.83. The first-order valence-electron chi connectivity index (χ1n) is 6.68. The predicted molar refractivity (Wildman–Crippen MR) is 82.6 cm³/mol. The van der Waals surface area contributed by atoms with Gasteiger partial charge < -0.3 is 10.6 Å². The van der Waals surface area contributed by atoms with Crippen LogP contribution in [0.4, 0.5) is 5.82 Å². The quantitative estimate of drug-likeness (QED) is 0.739. The van der Waals surface area contributed by atoms with Crippen molar-refractivity contribution in [2.24, 2.45) is 0 Å². The van der Waals surface area contributed by atoms with Gasteiger partial charge in [0.25, 0.3) is 0 Å². The van der Waals surface area contributed by atoms with Crippen LogP contribution in [-0.4, -0.2) is 32.4 Å². The van der Waals surface area contributed by atoms with E-state index in [2.05, 4.69) is 48.8 Å². The zero-order valence-corrected chi connectivity index (χ0v) is 13.3. The molecule has 2 aromatic rings. The van der Waals surface area contributed by atoms with Crippen LogP contribution in [0, 0.1) is 0 Å². The van der Waals surface area contributed by atoms with Gasteiger partial charge >= 0.3 is 0 Å². The molecule has 0 radical (unpaired) electrons. The van der Waals surface area contributed by atoms with Crippen LogP contribution in [0.3, 0.4) is 0 Å². The standard InChI is InChI=1S/C13H17BrN6O/c1-2-5-15-7-11-8-20(19-18-11)9-13(21)17-12-4-3-10(14)6-16-12/h3-4,6,8,15H,2,5,7,9H2,1H3,(H,16,17,21). The first-order valence-corrected chi connectivity index (χ1v) is 7.48. The van der Waals surface area contributed by atoms with Crippen LogP contribution in [0.1, 0.15) is 19.0 Å². The van der Waals surface area contributed by atoms with E-state index >= 15 is 0 Å². The average molecular weight is 353 g/mol. The van der Waals surface area contributed by atoms with Gasteiger partial charge in [0.2, 0.25) is 5.91 Å². The Labute approximate surface area is 131 Å². The van der Waals surface area contributed by atoms with E-state index < -0.39 is 0 Å². The fourth-order valence-corrected chi connectivity index (χ4v) is 1.90. The second-order valence-corrected chi connectivity index (χ2v) is 5.41. The molecule has 2 rings (SSSR count). The lowest BCUT2D eigenvalue weighted by Gasteiger charge is -2.03. The van der Waals surface area contributed by atoms with Crippen molar-refractivity contribution in [2.45, 2.75) is 26.4 Å². The van der Waals surface area contributed by atoms with Gasteiger partial charge in [0, 0.05) is 17.2 Å². The van der Waals surface area contributed by atoms with E-state index in [0.717, 1.165) is 23.1 Å². The van der Waals surface area contributed by atoms with Crippen LogP contribution in [0.15, 0.2) is 29.0 Å². The number of nitrogens with one attached hydrogen (secondary N) is 2. The van der Waals surface area contributed by atoms with Gasteiger partial charge in [0.1, 0.15) is 12.4 Å². The van der Waals surface area contributed by atoms with Crippen molar-refractivity contribution < 1.29 is 4.79 Å². The Kier molecular flexibility index (Phi) is 5.82. The minimum absolute atomic E-state index is 0.110. The molecule has 7 nitrogen and oxygen atoms in total. The van der Waals surface area contributed by atoms with Crippen molar-refractivity contribution in [3.63, 3.8) is 0 Å². The highest BCUT2D eigenvalue weighted by Crippen LogP contribution is 2.10. The molecule has 2 N–H and O–H groups in total. The number of pyridine rings is 1. The highest BCUT2D eigenvalue weighted by Gasteiger charge is 2.07. The molecule has 0 spiro atoms. The Hall–Kier alpha value is -1.80. The van der Waals surface area contributed by atoms with Gasteiger partial charge in [-0.15, -0.1) is 5.10 Å². The van der Waals surface area contributed by atoms with E-state index in [9.17, 15) is 4.79 Å². The predicted octanol–water partition coefficient (Wildman–Crippen LogP) is 1.57.